The highest BCUT2D eigenvalue weighted by molar-refractivity contribution is 8.73. The second kappa shape index (κ2) is 13.6. The molecule has 18 heavy (non-hydrogen) atoms. The highest BCUT2D eigenvalue weighted by Gasteiger charge is 2.28. The van der Waals surface area contributed by atoms with E-state index in [0.717, 1.165) is 0 Å². The predicted octanol–water partition coefficient (Wildman–Crippen LogP) is -2.22. The van der Waals surface area contributed by atoms with Gasteiger partial charge >= 0.3 is 0 Å². The van der Waals surface area contributed by atoms with Crippen molar-refractivity contribution >= 4 is 99.3 Å². The van der Waals surface area contributed by atoms with Gasteiger partial charge in [0, 0.05) is 100.0 Å². The first kappa shape index (κ1) is 19.6. The van der Waals surface area contributed by atoms with Crippen LogP contribution in [-0.4, -0.2) is 29.7 Å². The maximum Gasteiger partial charge on any atom is 0.239 e. The van der Waals surface area contributed by atoms with Crippen LogP contribution in [0.5, 0.6) is 0 Å². The number of carbonyl (C=O) groups excluding carboxylic acids is 1. The highest BCUT2D eigenvalue weighted by Crippen LogP contribution is 1.95. The lowest BCUT2D eigenvalue weighted by atomic mass is 10.2. The Bertz CT molecular complexity index is 558. The molecule has 0 aliphatic carbocycles. The number of β-amino-alcohol motifs (C(OH)–C–C–N with tert-alkyl or cyclic N) is 1. The van der Waals surface area contributed by atoms with Crippen LogP contribution >= 0.6 is 0 Å². The molecule has 0 unspecified atom stereocenters. The third-order valence-corrected chi connectivity index (χ3v) is 17.0. The van der Waals surface area contributed by atoms with Crippen LogP contribution in [0.25, 0.3) is 0 Å². The third kappa shape index (κ3) is 10.4. The van der Waals surface area contributed by atoms with Gasteiger partial charge in [0.1, 0.15) is 6.04 Å². The first-order chi connectivity index (χ1) is 8.63. The number of rotatable bonds is 0. The van der Waals surface area contributed by atoms with Crippen molar-refractivity contribution in [2.45, 2.75) is 12.1 Å². The molecule has 106 valence electrons. The van der Waals surface area contributed by atoms with Gasteiger partial charge in [0.25, 0.3) is 0 Å². The summed E-state index contributed by atoms with van der Waals surface area (Å²) in [6.45, 7) is 0.292. The van der Waals surface area contributed by atoms with Crippen LogP contribution in [0, 0.1) is 0 Å². The Labute approximate surface area is 137 Å². The number of amides is 1. The zero-order chi connectivity index (χ0) is 13.8. The molecule has 1 aliphatic rings. The van der Waals surface area contributed by atoms with E-state index in [1.165, 1.54) is 17.8 Å². The Morgan fingerprint density at radius 3 is 1.78 bits per heavy atom. The summed E-state index contributed by atoms with van der Waals surface area (Å²) in [7, 11) is 12.7. The lowest BCUT2D eigenvalue weighted by Gasteiger charge is -2.00. The number of aliphatic hydroxyl groups is 1. The van der Waals surface area contributed by atoms with E-state index in [4.69, 9.17) is 10.8 Å². The van der Waals surface area contributed by atoms with Crippen LogP contribution in [0.3, 0.4) is 0 Å². The number of nitrogens with one attached hydrogen (secondary N) is 1. The second-order valence-corrected chi connectivity index (χ2v) is 16.5. The molecule has 0 radical (unpaired) electrons. The number of aliphatic hydroxyl groups excluding tert-OH is 1. The molecular weight excluding hydrogens is 429 g/mol. The van der Waals surface area contributed by atoms with E-state index >= 15 is 0 Å². The van der Waals surface area contributed by atoms with Crippen molar-refractivity contribution in [3.05, 3.63) is 0 Å². The van der Waals surface area contributed by atoms with Crippen molar-refractivity contribution in [2.75, 3.05) is 6.54 Å². The fourth-order valence-electron chi connectivity index (χ4n) is 0.693. The smallest absolute Gasteiger partial charge is 0.239 e. The summed E-state index contributed by atoms with van der Waals surface area (Å²) in [5, 5.41) is 11.2. The molecule has 0 aromatic heterocycles. The van der Waals surface area contributed by atoms with Crippen molar-refractivity contribution in [1.82, 2.24) is 5.32 Å². The van der Waals surface area contributed by atoms with Crippen molar-refractivity contribution in [3.8, 4) is 0 Å². The molecule has 4 nitrogen and oxygen atoms in total. The number of hydrogen-bond acceptors (Lipinski definition) is 5. The van der Waals surface area contributed by atoms with Gasteiger partial charge in [0.05, 0.1) is 6.10 Å². The fraction of sp³-hybridized carbons (Fsp3) is 0.750. The van der Waals surface area contributed by atoms with Crippen molar-refractivity contribution in [1.29, 1.82) is 0 Å². The Hall–Kier alpha value is 1.59. The standard InChI is InChI=1S/C4H8N2O2.S10/c5-3-2(7)1-6-4(3)8;1-3-5-7-9-10-8-6-4-2/h2-3,7H,1,5H2,(H,6,8);/t2-,3-;/m1./s1. The molecular formula is C4H8N2O2S10. The van der Waals surface area contributed by atoms with Gasteiger partial charge < -0.3 is 16.2 Å². The van der Waals surface area contributed by atoms with Gasteiger partial charge in [-0.25, -0.2) is 0 Å². The predicted molar refractivity (Wildman–Crippen MR) is 101 cm³/mol. The minimum Gasteiger partial charge on any atom is -0.389 e. The lowest BCUT2D eigenvalue weighted by molar-refractivity contribution is -0.120. The van der Waals surface area contributed by atoms with Gasteiger partial charge in [-0.3, -0.25) is 4.79 Å². The first-order valence-corrected chi connectivity index (χ1v) is 15.9. The number of hydrogen-bond donors (Lipinski definition) is 3. The Morgan fingerprint density at radius 1 is 1.11 bits per heavy atom. The minimum absolute atomic E-state index is 0.266. The van der Waals surface area contributed by atoms with Crippen LogP contribution in [0.2, 0.25) is 0 Å². The average molecular weight is 437 g/mol. The van der Waals surface area contributed by atoms with Gasteiger partial charge in [0.15, 0.2) is 0 Å². The van der Waals surface area contributed by atoms with Crippen LogP contribution in [-0.2, 0) is 98.2 Å². The molecule has 2 atom stereocenters. The molecule has 0 aromatic rings. The SMILES string of the molecule is N[C@H]1C(=O)NC[C@H]1O.S=S=S=S=S=S=S=S=S=S. The van der Waals surface area contributed by atoms with Crippen LogP contribution in [0.4, 0.5) is 0 Å². The summed E-state index contributed by atoms with van der Waals surface area (Å²) in [6, 6.07) is -0.713. The summed E-state index contributed by atoms with van der Waals surface area (Å²) in [5.74, 6) is -0.266. The normalized spacial score (nSPS) is 20.4. The second-order valence-electron chi connectivity index (χ2n) is 2.38. The lowest BCUT2D eigenvalue weighted by Crippen LogP contribution is -2.36. The molecule has 0 spiro atoms. The van der Waals surface area contributed by atoms with E-state index in [1.54, 1.807) is 53.3 Å². The van der Waals surface area contributed by atoms with Crippen molar-refractivity contribution in [2.24, 2.45) is 5.73 Å². The van der Waals surface area contributed by atoms with E-state index in [0.29, 0.717) is 6.54 Å². The van der Waals surface area contributed by atoms with Gasteiger partial charge in [-0.05, 0) is 0 Å². The summed E-state index contributed by atoms with van der Waals surface area (Å²) in [6.07, 6.45) is -0.692. The molecule has 1 fully saturated rings. The van der Waals surface area contributed by atoms with Crippen molar-refractivity contribution in [3.63, 3.8) is 0 Å². The summed E-state index contributed by atoms with van der Waals surface area (Å²) < 4.78 is 0. The quantitative estimate of drug-likeness (QED) is 0.401. The maximum atomic E-state index is 10.4. The first-order valence-electron chi connectivity index (χ1n) is 3.93. The number of nitrogens with two attached hydrogens (primary N) is 1. The maximum absolute atomic E-state index is 10.4. The largest absolute Gasteiger partial charge is 0.389 e. The topological polar surface area (TPSA) is 75.4 Å². The fourth-order valence-corrected chi connectivity index (χ4v) is 17.2. The van der Waals surface area contributed by atoms with Crippen LogP contribution in [0.15, 0.2) is 0 Å². The Morgan fingerprint density at radius 2 is 1.56 bits per heavy atom. The molecule has 4 N–H and O–H groups in total. The zero-order valence-corrected chi connectivity index (χ0v) is 16.5. The summed E-state index contributed by atoms with van der Waals surface area (Å²) in [4.78, 5) is 10.4. The van der Waals surface area contributed by atoms with Gasteiger partial charge in [0.2, 0.25) is 5.91 Å². The minimum atomic E-state index is -0.713. The third-order valence-electron chi connectivity index (χ3n) is 1.40. The summed E-state index contributed by atoms with van der Waals surface area (Å²) in [5.41, 5.74) is 5.16. The molecule has 0 bridgehead atoms. The van der Waals surface area contributed by atoms with E-state index in [-0.39, 0.29) is 5.91 Å². The van der Waals surface area contributed by atoms with E-state index < -0.39 is 12.1 Å². The summed E-state index contributed by atoms with van der Waals surface area (Å²) >= 11 is 9.31. The van der Waals surface area contributed by atoms with Gasteiger partial charge in [-0.1, -0.05) is 0 Å². The van der Waals surface area contributed by atoms with Gasteiger partial charge in [-0.15, -0.1) is 0 Å². The molecule has 1 amide bonds. The molecule has 14 heteroatoms. The van der Waals surface area contributed by atoms with Crippen LogP contribution < -0.4 is 11.1 Å². The average Bonchev–Trinajstić information content (AvgIpc) is 2.66. The molecule has 0 aromatic carbocycles. The van der Waals surface area contributed by atoms with E-state index in [9.17, 15) is 4.79 Å². The monoisotopic (exact) mass is 436 g/mol. The number of carbonyl (C=O) groups is 1. The Balaban J connectivity index is 0.000000327. The zero-order valence-electron chi connectivity index (χ0n) is 8.38. The van der Waals surface area contributed by atoms with Crippen molar-refractivity contribution < 1.29 is 9.90 Å². The molecule has 1 heterocycles. The Kier molecular flexibility index (Phi) is 14.8. The van der Waals surface area contributed by atoms with E-state index in [2.05, 4.69) is 27.7 Å². The molecule has 0 saturated carbocycles. The molecule has 1 aliphatic heterocycles. The highest BCUT2D eigenvalue weighted by atomic mass is 33.4. The van der Waals surface area contributed by atoms with Crippen LogP contribution in [0.1, 0.15) is 0 Å². The molecule has 1 rings (SSSR count). The molecule has 1 saturated heterocycles. The van der Waals surface area contributed by atoms with E-state index in [1.807, 2.05) is 0 Å². The van der Waals surface area contributed by atoms with Gasteiger partial charge in [-0.2, -0.15) is 0 Å².